The summed E-state index contributed by atoms with van der Waals surface area (Å²) in [6, 6.07) is -1.16. The summed E-state index contributed by atoms with van der Waals surface area (Å²) in [7, 11) is 0. The van der Waals surface area contributed by atoms with E-state index in [9.17, 15) is 15.0 Å². The van der Waals surface area contributed by atoms with Crippen LogP contribution in [0.4, 0.5) is 0 Å². The third kappa shape index (κ3) is 2.64. The molecule has 1 aliphatic heterocycles. The van der Waals surface area contributed by atoms with Gasteiger partial charge in [-0.2, -0.15) is 0 Å². The zero-order valence-corrected chi connectivity index (χ0v) is 7.98. The van der Waals surface area contributed by atoms with Gasteiger partial charge in [-0.1, -0.05) is 0 Å². The number of ether oxygens (including phenoxy) is 1. The van der Waals surface area contributed by atoms with E-state index in [0.29, 0.717) is 0 Å². The molecule has 0 aromatic carbocycles. The lowest BCUT2D eigenvalue weighted by molar-refractivity contribution is -0.139. The van der Waals surface area contributed by atoms with Crippen LogP contribution in [0.3, 0.4) is 0 Å². The summed E-state index contributed by atoms with van der Waals surface area (Å²) >= 11 is 0. The standard InChI is InChI=1S/C8H15NO6/c9-3(8(13)14)1-4-6(11)7(12)5(2-10)15-4/h3-7,10-12H,1-2,9H2,(H,13,14)/t3?,4-,5+,6-,7+/m0/s1. The Bertz CT molecular complexity index is 235. The van der Waals surface area contributed by atoms with Crippen molar-refractivity contribution in [2.75, 3.05) is 6.61 Å². The Kier molecular flexibility index (Phi) is 4.00. The number of aliphatic hydroxyl groups is 3. The van der Waals surface area contributed by atoms with Crippen molar-refractivity contribution >= 4 is 5.97 Å². The van der Waals surface area contributed by atoms with Crippen molar-refractivity contribution in [3.05, 3.63) is 0 Å². The summed E-state index contributed by atoms with van der Waals surface area (Å²) in [5.74, 6) is -1.20. The summed E-state index contributed by atoms with van der Waals surface area (Å²) in [5, 5.41) is 36.1. The van der Waals surface area contributed by atoms with Gasteiger partial charge >= 0.3 is 5.97 Å². The highest BCUT2D eigenvalue weighted by molar-refractivity contribution is 5.73. The van der Waals surface area contributed by atoms with Gasteiger partial charge in [-0.25, -0.2) is 0 Å². The van der Waals surface area contributed by atoms with Crippen molar-refractivity contribution in [2.24, 2.45) is 5.73 Å². The third-order valence-corrected chi connectivity index (χ3v) is 2.44. The maximum absolute atomic E-state index is 10.5. The molecule has 1 unspecified atom stereocenters. The molecule has 0 aromatic rings. The van der Waals surface area contributed by atoms with Crippen LogP contribution in [0.15, 0.2) is 0 Å². The van der Waals surface area contributed by atoms with Gasteiger partial charge in [0.05, 0.1) is 12.7 Å². The minimum atomic E-state index is -1.22. The molecule has 0 saturated carbocycles. The predicted molar refractivity (Wildman–Crippen MR) is 48.0 cm³/mol. The highest BCUT2D eigenvalue weighted by Gasteiger charge is 2.43. The lowest BCUT2D eigenvalue weighted by atomic mass is 10.0. The molecule has 5 atom stereocenters. The van der Waals surface area contributed by atoms with E-state index in [0.717, 1.165) is 0 Å². The van der Waals surface area contributed by atoms with Crippen LogP contribution in [-0.4, -0.2) is 63.5 Å². The molecule has 1 heterocycles. The predicted octanol–water partition coefficient (Wildman–Crippen LogP) is -2.73. The molecule has 0 spiro atoms. The molecule has 0 radical (unpaired) electrons. The second-order valence-electron chi connectivity index (χ2n) is 3.56. The molecule has 7 heteroatoms. The lowest BCUT2D eigenvalue weighted by Crippen LogP contribution is -2.39. The van der Waals surface area contributed by atoms with Crippen molar-refractivity contribution in [2.45, 2.75) is 36.9 Å². The number of hydrogen-bond acceptors (Lipinski definition) is 6. The quantitative estimate of drug-likeness (QED) is 0.348. The van der Waals surface area contributed by atoms with E-state index in [2.05, 4.69) is 0 Å². The summed E-state index contributed by atoms with van der Waals surface area (Å²) in [6.07, 6.45) is -4.27. The number of carbonyl (C=O) groups is 1. The molecule has 1 saturated heterocycles. The Morgan fingerprint density at radius 3 is 2.27 bits per heavy atom. The van der Waals surface area contributed by atoms with Crippen molar-refractivity contribution in [3.8, 4) is 0 Å². The largest absolute Gasteiger partial charge is 0.480 e. The molecule has 15 heavy (non-hydrogen) atoms. The molecule has 88 valence electrons. The van der Waals surface area contributed by atoms with E-state index in [1.165, 1.54) is 0 Å². The van der Waals surface area contributed by atoms with E-state index in [-0.39, 0.29) is 6.42 Å². The molecule has 1 fully saturated rings. The van der Waals surface area contributed by atoms with Crippen LogP contribution in [0.2, 0.25) is 0 Å². The molecular weight excluding hydrogens is 206 g/mol. The first-order chi connectivity index (χ1) is 6.97. The highest BCUT2D eigenvalue weighted by Crippen LogP contribution is 2.23. The van der Waals surface area contributed by atoms with E-state index < -0.39 is 43.0 Å². The Morgan fingerprint density at radius 1 is 1.33 bits per heavy atom. The van der Waals surface area contributed by atoms with Crippen LogP contribution >= 0.6 is 0 Å². The Hall–Kier alpha value is -0.730. The van der Waals surface area contributed by atoms with Gasteiger partial charge in [-0.05, 0) is 0 Å². The van der Waals surface area contributed by atoms with Crippen molar-refractivity contribution in [1.82, 2.24) is 0 Å². The monoisotopic (exact) mass is 221 g/mol. The average molecular weight is 221 g/mol. The van der Waals surface area contributed by atoms with Gasteiger partial charge in [-0.15, -0.1) is 0 Å². The molecule has 1 aliphatic rings. The normalized spacial score (nSPS) is 37.9. The minimum absolute atomic E-state index is 0.107. The molecule has 0 aromatic heterocycles. The maximum atomic E-state index is 10.5. The van der Waals surface area contributed by atoms with E-state index in [1.54, 1.807) is 0 Å². The third-order valence-electron chi connectivity index (χ3n) is 2.44. The second-order valence-corrected chi connectivity index (χ2v) is 3.56. The van der Waals surface area contributed by atoms with Crippen molar-refractivity contribution in [1.29, 1.82) is 0 Å². The molecule has 1 rings (SSSR count). The first-order valence-electron chi connectivity index (χ1n) is 4.58. The number of hydrogen-bond donors (Lipinski definition) is 5. The summed E-state index contributed by atoms with van der Waals surface area (Å²) in [5.41, 5.74) is 5.26. The maximum Gasteiger partial charge on any atom is 0.320 e. The summed E-state index contributed by atoms with van der Waals surface area (Å²) < 4.78 is 5.06. The molecule has 0 amide bonds. The zero-order chi connectivity index (χ0) is 11.6. The van der Waals surface area contributed by atoms with Gasteiger partial charge in [0, 0.05) is 6.42 Å². The number of nitrogens with two attached hydrogens (primary N) is 1. The second kappa shape index (κ2) is 4.86. The molecule has 7 nitrogen and oxygen atoms in total. The van der Waals surface area contributed by atoms with E-state index in [4.69, 9.17) is 20.7 Å². The lowest BCUT2D eigenvalue weighted by Gasteiger charge is -2.16. The molecule has 0 bridgehead atoms. The van der Waals surface area contributed by atoms with Gasteiger partial charge in [0.2, 0.25) is 0 Å². The summed E-state index contributed by atoms with van der Waals surface area (Å²) in [4.78, 5) is 10.5. The SMILES string of the molecule is NC(C[C@@H]1O[C@H](CO)[C@@H](O)[C@H]1O)C(=O)O. The fourth-order valence-electron chi connectivity index (χ4n) is 1.52. The number of carboxylic acids is 1. The van der Waals surface area contributed by atoms with E-state index >= 15 is 0 Å². The summed E-state index contributed by atoms with van der Waals surface area (Å²) in [6.45, 7) is -0.433. The van der Waals surface area contributed by atoms with Crippen LogP contribution in [0.5, 0.6) is 0 Å². The van der Waals surface area contributed by atoms with E-state index in [1.807, 2.05) is 0 Å². The molecule has 6 N–H and O–H groups in total. The van der Waals surface area contributed by atoms with Gasteiger partial charge in [-0.3, -0.25) is 4.79 Å². The number of carboxylic acid groups (broad SMARTS) is 1. The fourth-order valence-corrected chi connectivity index (χ4v) is 1.52. The average Bonchev–Trinajstić information content (AvgIpc) is 2.45. The Balaban J connectivity index is 2.54. The Labute approximate surface area is 86.1 Å². The van der Waals surface area contributed by atoms with Crippen LogP contribution < -0.4 is 5.73 Å². The van der Waals surface area contributed by atoms with Gasteiger partial charge in [0.1, 0.15) is 24.4 Å². The zero-order valence-electron chi connectivity index (χ0n) is 7.98. The highest BCUT2D eigenvalue weighted by atomic mass is 16.6. The first-order valence-corrected chi connectivity index (χ1v) is 4.58. The van der Waals surface area contributed by atoms with Crippen molar-refractivity contribution in [3.63, 3.8) is 0 Å². The molecule has 0 aliphatic carbocycles. The van der Waals surface area contributed by atoms with Crippen LogP contribution in [0, 0.1) is 0 Å². The van der Waals surface area contributed by atoms with Gasteiger partial charge in [0.15, 0.2) is 0 Å². The van der Waals surface area contributed by atoms with Crippen molar-refractivity contribution < 1.29 is 30.0 Å². The van der Waals surface area contributed by atoms with Gasteiger partial charge < -0.3 is 30.9 Å². The number of aliphatic hydroxyl groups excluding tert-OH is 3. The smallest absolute Gasteiger partial charge is 0.320 e. The molecular formula is C8H15NO6. The number of aliphatic carboxylic acids is 1. The van der Waals surface area contributed by atoms with Gasteiger partial charge in [0.25, 0.3) is 0 Å². The topological polar surface area (TPSA) is 133 Å². The first kappa shape index (κ1) is 12.3. The van der Waals surface area contributed by atoms with Crippen LogP contribution in [0.25, 0.3) is 0 Å². The fraction of sp³-hybridized carbons (Fsp3) is 0.875. The number of rotatable bonds is 4. The Morgan fingerprint density at radius 2 is 1.87 bits per heavy atom. The van der Waals surface area contributed by atoms with Crippen LogP contribution in [-0.2, 0) is 9.53 Å². The minimum Gasteiger partial charge on any atom is -0.480 e. The van der Waals surface area contributed by atoms with Crippen LogP contribution in [0.1, 0.15) is 6.42 Å².